The number of nitrogens with zero attached hydrogens (tertiary/aromatic N) is 2. The quantitative estimate of drug-likeness (QED) is 0.865. The number of hydrogen-bond donors (Lipinski definition) is 0. The summed E-state index contributed by atoms with van der Waals surface area (Å²) < 4.78 is 18.7. The van der Waals surface area contributed by atoms with Crippen molar-refractivity contribution in [3.8, 4) is 5.75 Å². The maximum absolute atomic E-state index is 13.8. The predicted molar refractivity (Wildman–Crippen MR) is 90.6 cm³/mol. The third-order valence-electron chi connectivity index (χ3n) is 4.31. The Balaban J connectivity index is 1.58. The molecule has 1 aliphatic heterocycles. The third kappa shape index (κ3) is 3.74. The molecule has 0 bridgehead atoms. The zero-order chi connectivity index (χ0) is 16.9. The van der Waals surface area contributed by atoms with Crippen LogP contribution in [0.25, 0.3) is 0 Å². The maximum Gasteiger partial charge on any atom is 0.254 e. The summed E-state index contributed by atoms with van der Waals surface area (Å²) in [6.07, 6.45) is 0. The fraction of sp³-hybridized carbons (Fsp3) is 0.316. The second kappa shape index (κ2) is 7.45. The second-order valence-electron chi connectivity index (χ2n) is 5.90. The van der Waals surface area contributed by atoms with Crippen LogP contribution in [-0.4, -0.2) is 49.0 Å². The monoisotopic (exact) mass is 328 g/mol. The largest absolute Gasteiger partial charge is 0.494 e. The van der Waals surface area contributed by atoms with Crippen LogP contribution >= 0.6 is 0 Å². The molecule has 0 unspecified atom stereocenters. The van der Waals surface area contributed by atoms with Crippen LogP contribution in [-0.2, 0) is 6.54 Å². The SMILES string of the molecule is COc1ccc(C(=O)N2CCN(Cc3ccccc3)CC2)cc1F. The number of benzene rings is 2. The molecule has 1 heterocycles. The minimum absolute atomic E-state index is 0.129. The standard InChI is InChI=1S/C19H21FN2O2/c1-24-18-8-7-16(13-17(18)20)19(23)22-11-9-21(10-12-22)14-15-5-3-2-4-6-15/h2-8,13H,9-12,14H2,1H3. The number of carbonyl (C=O) groups excluding carboxylic acids is 1. The number of piperazine rings is 1. The van der Waals surface area contributed by atoms with Gasteiger partial charge in [-0.15, -0.1) is 0 Å². The van der Waals surface area contributed by atoms with E-state index in [4.69, 9.17) is 4.74 Å². The average molecular weight is 328 g/mol. The Hall–Kier alpha value is -2.40. The molecule has 0 aliphatic carbocycles. The van der Waals surface area contributed by atoms with Crippen molar-refractivity contribution in [1.29, 1.82) is 0 Å². The number of amides is 1. The summed E-state index contributed by atoms with van der Waals surface area (Å²) in [4.78, 5) is 16.6. The van der Waals surface area contributed by atoms with E-state index in [1.165, 1.54) is 24.8 Å². The van der Waals surface area contributed by atoms with Crippen molar-refractivity contribution in [1.82, 2.24) is 9.80 Å². The first-order valence-electron chi connectivity index (χ1n) is 8.06. The van der Waals surface area contributed by atoms with Crippen LogP contribution in [0.1, 0.15) is 15.9 Å². The van der Waals surface area contributed by atoms with Gasteiger partial charge in [0.25, 0.3) is 5.91 Å². The summed E-state index contributed by atoms with van der Waals surface area (Å²) in [6, 6.07) is 14.6. The molecule has 24 heavy (non-hydrogen) atoms. The van der Waals surface area contributed by atoms with Crippen LogP contribution in [0, 0.1) is 5.82 Å². The molecule has 0 atom stereocenters. The Morgan fingerprint density at radius 2 is 1.79 bits per heavy atom. The van der Waals surface area contributed by atoms with E-state index >= 15 is 0 Å². The highest BCUT2D eigenvalue weighted by Gasteiger charge is 2.22. The number of rotatable bonds is 4. The van der Waals surface area contributed by atoms with E-state index in [-0.39, 0.29) is 11.7 Å². The van der Waals surface area contributed by atoms with Crippen LogP contribution in [0.5, 0.6) is 5.75 Å². The Labute approximate surface area is 141 Å². The van der Waals surface area contributed by atoms with Gasteiger partial charge in [-0.2, -0.15) is 0 Å². The number of halogens is 1. The Morgan fingerprint density at radius 3 is 2.42 bits per heavy atom. The summed E-state index contributed by atoms with van der Waals surface area (Å²) in [7, 11) is 1.41. The predicted octanol–water partition coefficient (Wildman–Crippen LogP) is 2.79. The van der Waals surface area contributed by atoms with Gasteiger partial charge in [0, 0.05) is 38.3 Å². The fourth-order valence-electron chi connectivity index (χ4n) is 2.93. The average Bonchev–Trinajstić information content (AvgIpc) is 2.62. The van der Waals surface area contributed by atoms with Crippen LogP contribution in [0.15, 0.2) is 48.5 Å². The van der Waals surface area contributed by atoms with Gasteiger partial charge in [0.1, 0.15) is 0 Å². The highest BCUT2D eigenvalue weighted by Crippen LogP contribution is 2.19. The zero-order valence-electron chi connectivity index (χ0n) is 13.7. The Morgan fingerprint density at radius 1 is 1.08 bits per heavy atom. The molecular formula is C19H21FN2O2. The van der Waals surface area contributed by atoms with Crippen molar-refractivity contribution in [2.45, 2.75) is 6.54 Å². The van der Waals surface area contributed by atoms with Gasteiger partial charge in [-0.3, -0.25) is 9.69 Å². The molecule has 1 fully saturated rings. The summed E-state index contributed by atoms with van der Waals surface area (Å²) in [5.74, 6) is -0.485. The van der Waals surface area contributed by atoms with Gasteiger partial charge < -0.3 is 9.64 Å². The van der Waals surface area contributed by atoms with Crippen LogP contribution in [0.4, 0.5) is 4.39 Å². The van der Waals surface area contributed by atoms with Crippen LogP contribution < -0.4 is 4.74 Å². The van der Waals surface area contributed by atoms with E-state index in [0.717, 1.165) is 19.6 Å². The Kier molecular flexibility index (Phi) is 5.11. The molecule has 0 radical (unpaired) electrons. The minimum atomic E-state index is -0.508. The van der Waals surface area contributed by atoms with E-state index in [2.05, 4.69) is 17.0 Å². The summed E-state index contributed by atoms with van der Waals surface area (Å²) in [5.41, 5.74) is 1.64. The zero-order valence-corrected chi connectivity index (χ0v) is 13.7. The molecule has 1 saturated heterocycles. The molecule has 1 aliphatic rings. The smallest absolute Gasteiger partial charge is 0.254 e. The normalized spacial score (nSPS) is 15.3. The van der Waals surface area contributed by atoms with E-state index in [1.807, 2.05) is 18.2 Å². The molecule has 0 N–H and O–H groups in total. The van der Waals surface area contributed by atoms with Crippen molar-refractivity contribution >= 4 is 5.91 Å². The number of methoxy groups -OCH3 is 1. The lowest BCUT2D eigenvalue weighted by atomic mass is 10.1. The van der Waals surface area contributed by atoms with Crippen LogP contribution in [0.3, 0.4) is 0 Å². The Bertz CT molecular complexity index is 698. The highest BCUT2D eigenvalue weighted by atomic mass is 19.1. The lowest BCUT2D eigenvalue weighted by molar-refractivity contribution is 0.0628. The van der Waals surface area contributed by atoms with Crippen molar-refractivity contribution < 1.29 is 13.9 Å². The molecule has 2 aromatic rings. The maximum atomic E-state index is 13.8. The number of carbonyl (C=O) groups is 1. The number of hydrogen-bond acceptors (Lipinski definition) is 3. The molecule has 2 aromatic carbocycles. The lowest BCUT2D eigenvalue weighted by Gasteiger charge is -2.34. The topological polar surface area (TPSA) is 32.8 Å². The molecule has 0 spiro atoms. The molecule has 3 rings (SSSR count). The van der Waals surface area contributed by atoms with Gasteiger partial charge in [0.15, 0.2) is 11.6 Å². The molecule has 1 amide bonds. The molecule has 0 aromatic heterocycles. The highest BCUT2D eigenvalue weighted by molar-refractivity contribution is 5.94. The van der Waals surface area contributed by atoms with Crippen molar-refractivity contribution in [2.75, 3.05) is 33.3 Å². The van der Waals surface area contributed by atoms with E-state index < -0.39 is 5.82 Å². The molecule has 5 heteroatoms. The molecule has 0 saturated carbocycles. The lowest BCUT2D eigenvalue weighted by Crippen LogP contribution is -2.48. The second-order valence-corrected chi connectivity index (χ2v) is 5.90. The molecular weight excluding hydrogens is 307 g/mol. The number of ether oxygens (including phenoxy) is 1. The van der Waals surface area contributed by atoms with Gasteiger partial charge in [0.05, 0.1) is 7.11 Å². The molecule has 126 valence electrons. The summed E-state index contributed by atoms with van der Waals surface area (Å²) >= 11 is 0. The van der Waals surface area contributed by atoms with E-state index in [0.29, 0.717) is 18.7 Å². The van der Waals surface area contributed by atoms with Gasteiger partial charge in [-0.25, -0.2) is 4.39 Å². The summed E-state index contributed by atoms with van der Waals surface area (Å²) in [6.45, 7) is 3.83. The van der Waals surface area contributed by atoms with Crippen molar-refractivity contribution in [3.05, 3.63) is 65.5 Å². The molecule has 4 nitrogen and oxygen atoms in total. The minimum Gasteiger partial charge on any atom is -0.494 e. The fourth-order valence-corrected chi connectivity index (χ4v) is 2.93. The van der Waals surface area contributed by atoms with E-state index in [9.17, 15) is 9.18 Å². The van der Waals surface area contributed by atoms with Crippen molar-refractivity contribution in [2.24, 2.45) is 0 Å². The first kappa shape index (κ1) is 16.5. The van der Waals surface area contributed by atoms with Gasteiger partial charge in [-0.05, 0) is 23.8 Å². The first-order valence-corrected chi connectivity index (χ1v) is 8.06. The summed E-state index contributed by atoms with van der Waals surface area (Å²) in [5, 5.41) is 0. The van der Waals surface area contributed by atoms with Crippen LogP contribution in [0.2, 0.25) is 0 Å². The van der Waals surface area contributed by atoms with Gasteiger partial charge in [0.2, 0.25) is 0 Å². The van der Waals surface area contributed by atoms with Crippen molar-refractivity contribution in [3.63, 3.8) is 0 Å². The third-order valence-corrected chi connectivity index (χ3v) is 4.31. The van der Waals surface area contributed by atoms with Gasteiger partial charge in [-0.1, -0.05) is 30.3 Å². The first-order chi connectivity index (χ1) is 11.7. The van der Waals surface area contributed by atoms with E-state index in [1.54, 1.807) is 11.0 Å². The van der Waals surface area contributed by atoms with Gasteiger partial charge >= 0.3 is 0 Å².